The Morgan fingerprint density at radius 2 is 2.00 bits per heavy atom. The van der Waals surface area contributed by atoms with Gasteiger partial charge in [-0.05, 0) is 29.8 Å². The number of aromatic nitrogens is 1. The molecule has 1 aromatic carbocycles. The van der Waals surface area contributed by atoms with E-state index in [1.807, 2.05) is 4.90 Å². The summed E-state index contributed by atoms with van der Waals surface area (Å²) in [5.41, 5.74) is 1.10. The number of amides is 2. The predicted octanol–water partition coefficient (Wildman–Crippen LogP) is 0.346. The summed E-state index contributed by atoms with van der Waals surface area (Å²) in [7, 11) is 1.47. The number of rotatable bonds is 4. The molecule has 0 bridgehead atoms. The van der Waals surface area contributed by atoms with Crippen LogP contribution >= 0.6 is 0 Å². The van der Waals surface area contributed by atoms with E-state index < -0.39 is 23.6 Å². The fourth-order valence-corrected chi connectivity index (χ4v) is 4.59. The highest BCUT2D eigenvalue weighted by Crippen LogP contribution is 2.27. The zero-order chi connectivity index (χ0) is 23.1. The molecule has 8 nitrogen and oxygen atoms in total. The number of pyridine rings is 1. The highest BCUT2D eigenvalue weighted by atomic mass is 19.1. The summed E-state index contributed by atoms with van der Waals surface area (Å²) >= 11 is 0. The van der Waals surface area contributed by atoms with Crippen LogP contribution in [0.15, 0.2) is 29.3 Å². The van der Waals surface area contributed by atoms with Gasteiger partial charge in [0.2, 0.25) is 5.95 Å². The molecule has 33 heavy (non-hydrogen) atoms. The van der Waals surface area contributed by atoms with Gasteiger partial charge in [-0.2, -0.15) is 4.39 Å². The number of nitrogens with one attached hydrogen (secondary N) is 1. The summed E-state index contributed by atoms with van der Waals surface area (Å²) in [6, 6.07) is 6.29. The summed E-state index contributed by atoms with van der Waals surface area (Å²) in [4.78, 5) is 35.8. The van der Waals surface area contributed by atoms with E-state index in [4.69, 9.17) is 4.74 Å². The number of piperazine rings is 1. The monoisotopic (exact) mass is 455 g/mol. The molecule has 0 radical (unpaired) electrons. The van der Waals surface area contributed by atoms with E-state index in [0.29, 0.717) is 67.8 Å². The van der Waals surface area contributed by atoms with E-state index >= 15 is 0 Å². The van der Waals surface area contributed by atoms with Crippen LogP contribution in [0.5, 0.6) is 0 Å². The van der Waals surface area contributed by atoms with Gasteiger partial charge in [-0.3, -0.25) is 14.5 Å². The van der Waals surface area contributed by atoms with Gasteiger partial charge in [0.25, 0.3) is 11.8 Å². The van der Waals surface area contributed by atoms with Crippen molar-refractivity contribution in [3.8, 4) is 0 Å². The number of anilines is 1. The van der Waals surface area contributed by atoms with Crippen molar-refractivity contribution in [1.82, 2.24) is 15.2 Å². The van der Waals surface area contributed by atoms with Gasteiger partial charge < -0.3 is 15.0 Å². The largest absolute Gasteiger partial charge is 0.496 e. The Bertz CT molecular complexity index is 1260. The van der Waals surface area contributed by atoms with Gasteiger partial charge in [0, 0.05) is 46.2 Å². The van der Waals surface area contributed by atoms with E-state index in [2.05, 4.69) is 20.2 Å². The van der Waals surface area contributed by atoms with Crippen molar-refractivity contribution in [3.63, 3.8) is 0 Å². The first kappa shape index (κ1) is 21.4. The minimum atomic E-state index is -0.683. The minimum absolute atomic E-state index is 0.0307. The Balaban J connectivity index is 1.29. The summed E-state index contributed by atoms with van der Waals surface area (Å²) in [5, 5.41) is 3.05. The fraction of sp³-hybridized carbons (Fsp3) is 0.391. The maximum Gasteiger partial charge on any atom is 0.269 e. The van der Waals surface area contributed by atoms with Crippen LogP contribution in [0.1, 0.15) is 22.5 Å². The van der Waals surface area contributed by atoms with Gasteiger partial charge in [0.05, 0.1) is 22.9 Å². The van der Waals surface area contributed by atoms with Crippen molar-refractivity contribution in [2.45, 2.75) is 13.0 Å². The van der Waals surface area contributed by atoms with Crippen LogP contribution in [0.3, 0.4) is 0 Å². The van der Waals surface area contributed by atoms with Gasteiger partial charge >= 0.3 is 0 Å². The molecule has 0 spiro atoms. The van der Waals surface area contributed by atoms with E-state index in [9.17, 15) is 18.4 Å². The molecule has 0 saturated carbocycles. The van der Waals surface area contributed by atoms with Crippen LogP contribution in [0.4, 0.5) is 14.5 Å². The lowest BCUT2D eigenvalue weighted by molar-refractivity contribution is -0.120. The summed E-state index contributed by atoms with van der Waals surface area (Å²) < 4.78 is 34.9. The van der Waals surface area contributed by atoms with E-state index in [0.717, 1.165) is 5.56 Å². The van der Waals surface area contributed by atoms with Crippen LogP contribution in [0.25, 0.3) is 5.76 Å². The molecule has 2 saturated heterocycles. The zero-order valence-corrected chi connectivity index (χ0v) is 18.1. The quantitative estimate of drug-likeness (QED) is 0.670. The molecule has 0 aliphatic carbocycles. The molecular formula is C23H23F2N5O3. The number of halogens is 2. The topological polar surface area (TPSA) is 87.1 Å². The number of nitrogens with zero attached hydrogens (tertiary/aromatic N) is 4. The van der Waals surface area contributed by atoms with Crippen molar-refractivity contribution in [1.29, 1.82) is 0 Å². The lowest BCUT2D eigenvalue weighted by Gasteiger charge is -2.36. The summed E-state index contributed by atoms with van der Waals surface area (Å²) in [5.74, 6) is -1.89. The molecular weight excluding hydrogens is 432 g/mol. The standard InChI is InChI=1S/C23H23F2N5O3/c1-26-23(32)16-2-3-18(21(25)27-16)30-7-5-29(6-8-30)12-13-10-15(24)19-17(11-13)28-22(31)14-4-9-33-20(14)19/h2-3,10-11,14H,4-9,12H2,1H3,(H,26,32). The molecule has 172 valence electrons. The maximum absolute atomic E-state index is 14.9. The Morgan fingerprint density at radius 3 is 2.73 bits per heavy atom. The number of hydrogen-bond acceptors (Lipinski definition) is 6. The second-order valence-corrected chi connectivity index (χ2v) is 8.32. The van der Waals surface area contributed by atoms with Crippen molar-refractivity contribution in [2.75, 3.05) is 44.7 Å². The van der Waals surface area contributed by atoms with Crippen molar-refractivity contribution in [2.24, 2.45) is 10.9 Å². The third-order valence-corrected chi connectivity index (χ3v) is 6.29. The molecule has 2 aromatic rings. The Hall–Kier alpha value is -3.40. The van der Waals surface area contributed by atoms with E-state index in [1.54, 1.807) is 12.1 Å². The van der Waals surface area contributed by atoms with Crippen molar-refractivity contribution >= 4 is 23.3 Å². The number of benzene rings is 1. The SMILES string of the molecule is CNC(=O)c1ccc(N2CCN(Cc3cc(F)c4c(c3)=NC(=O)C3CCOC=43)CC2)c(F)n1. The number of carbonyl (C=O) groups excluding carboxylic acids is 2. The van der Waals surface area contributed by atoms with E-state index in [1.165, 1.54) is 19.2 Å². The minimum Gasteiger partial charge on any atom is -0.496 e. The lowest BCUT2D eigenvalue weighted by Crippen LogP contribution is -2.46. The molecule has 1 atom stereocenters. The molecule has 1 aromatic heterocycles. The van der Waals surface area contributed by atoms with Crippen molar-refractivity contribution in [3.05, 3.63) is 57.9 Å². The van der Waals surface area contributed by atoms with Crippen LogP contribution < -0.4 is 20.8 Å². The van der Waals surface area contributed by atoms with Gasteiger partial charge in [0.15, 0.2) is 0 Å². The smallest absolute Gasteiger partial charge is 0.269 e. The number of carbonyl (C=O) groups is 2. The zero-order valence-electron chi connectivity index (χ0n) is 18.1. The van der Waals surface area contributed by atoms with Gasteiger partial charge in [-0.1, -0.05) is 0 Å². The van der Waals surface area contributed by atoms with Crippen LogP contribution in [-0.4, -0.2) is 61.5 Å². The third-order valence-electron chi connectivity index (χ3n) is 6.29. The molecule has 1 N–H and O–H groups in total. The van der Waals surface area contributed by atoms with Crippen LogP contribution in [0, 0.1) is 17.7 Å². The molecule has 2 fully saturated rings. The molecule has 1 unspecified atom stereocenters. The van der Waals surface area contributed by atoms with Crippen LogP contribution in [0.2, 0.25) is 0 Å². The Morgan fingerprint density at radius 1 is 1.21 bits per heavy atom. The Labute approximate surface area is 188 Å². The molecule has 10 heteroatoms. The second kappa shape index (κ2) is 8.51. The first-order chi connectivity index (χ1) is 15.9. The lowest BCUT2D eigenvalue weighted by atomic mass is 9.99. The first-order valence-electron chi connectivity index (χ1n) is 10.9. The maximum atomic E-state index is 14.9. The fourth-order valence-electron chi connectivity index (χ4n) is 4.59. The first-order valence-corrected chi connectivity index (χ1v) is 10.9. The van der Waals surface area contributed by atoms with Gasteiger partial charge in [-0.15, -0.1) is 0 Å². The summed E-state index contributed by atoms with van der Waals surface area (Å²) in [6.07, 6.45) is 0.535. The number of ether oxygens (including phenoxy) is 1. The summed E-state index contributed by atoms with van der Waals surface area (Å²) in [6.45, 7) is 3.26. The van der Waals surface area contributed by atoms with Gasteiger partial charge in [0.1, 0.15) is 23.2 Å². The second-order valence-electron chi connectivity index (χ2n) is 8.32. The van der Waals surface area contributed by atoms with E-state index in [-0.39, 0.29) is 11.6 Å². The number of hydrogen-bond donors (Lipinski definition) is 1. The molecule has 3 aliphatic heterocycles. The highest BCUT2D eigenvalue weighted by Gasteiger charge is 2.34. The third kappa shape index (κ3) is 3.95. The van der Waals surface area contributed by atoms with Crippen LogP contribution in [-0.2, 0) is 16.1 Å². The highest BCUT2D eigenvalue weighted by molar-refractivity contribution is 5.92. The average Bonchev–Trinajstić information content (AvgIpc) is 3.29. The molecule has 2 amide bonds. The Kier molecular flexibility index (Phi) is 5.53. The normalized spacial score (nSPS) is 20.1. The molecule has 3 aliphatic rings. The van der Waals surface area contributed by atoms with Crippen molar-refractivity contribution < 1.29 is 23.1 Å². The predicted molar refractivity (Wildman–Crippen MR) is 115 cm³/mol. The molecule has 4 heterocycles. The van der Waals surface area contributed by atoms with Gasteiger partial charge in [-0.25, -0.2) is 14.4 Å². The average molecular weight is 455 g/mol. The number of fused-ring (bicyclic) bond motifs is 2. The molecule has 5 rings (SSSR count).